The van der Waals surface area contributed by atoms with Gasteiger partial charge in [0, 0.05) is 23.2 Å². The van der Waals surface area contributed by atoms with Gasteiger partial charge in [-0.05, 0) is 29.8 Å². The number of nitrogens with one attached hydrogen (secondary N) is 1. The van der Waals surface area contributed by atoms with Crippen LogP contribution in [-0.4, -0.2) is 36.7 Å². The highest BCUT2D eigenvalue weighted by molar-refractivity contribution is 6.34. The molecule has 0 aliphatic rings. The minimum Gasteiger partial charge on any atom is -0.479 e. The van der Waals surface area contributed by atoms with E-state index in [0.29, 0.717) is 15.6 Å². The third kappa shape index (κ3) is 5.61. The molecule has 1 aromatic rings. The van der Waals surface area contributed by atoms with Crippen molar-refractivity contribution in [2.45, 2.75) is 6.10 Å². The van der Waals surface area contributed by atoms with Gasteiger partial charge in [-0.3, -0.25) is 4.79 Å². The number of carbonyl (C=O) groups excluding carboxylic acids is 1. The molecule has 1 amide bonds. The fourth-order valence-electron chi connectivity index (χ4n) is 1.37. The summed E-state index contributed by atoms with van der Waals surface area (Å²) in [5.74, 6) is -1.58. The lowest BCUT2D eigenvalue weighted by molar-refractivity contribution is -0.148. The number of carboxylic acids is 1. The Labute approximate surface area is 126 Å². The smallest absolute Gasteiger partial charge is 0.334 e. The zero-order valence-corrected chi connectivity index (χ0v) is 12.1. The number of hydrogen-bond acceptors (Lipinski definition) is 3. The highest BCUT2D eigenvalue weighted by atomic mass is 35.5. The van der Waals surface area contributed by atoms with Gasteiger partial charge >= 0.3 is 5.97 Å². The van der Waals surface area contributed by atoms with E-state index in [1.165, 1.54) is 19.3 Å². The number of amides is 1. The number of carbonyl (C=O) groups is 2. The van der Waals surface area contributed by atoms with Gasteiger partial charge in [-0.2, -0.15) is 0 Å². The summed E-state index contributed by atoms with van der Waals surface area (Å²) in [7, 11) is 1.26. The summed E-state index contributed by atoms with van der Waals surface area (Å²) in [6, 6.07) is 4.87. The summed E-state index contributed by atoms with van der Waals surface area (Å²) in [5.41, 5.74) is 0.666. The van der Waals surface area contributed by atoms with Gasteiger partial charge in [-0.1, -0.05) is 23.2 Å². The van der Waals surface area contributed by atoms with Crippen molar-refractivity contribution in [2.24, 2.45) is 0 Å². The highest BCUT2D eigenvalue weighted by Crippen LogP contribution is 2.19. The Morgan fingerprint density at radius 2 is 1.95 bits per heavy atom. The molecule has 0 aliphatic heterocycles. The molecule has 0 saturated carbocycles. The molecule has 20 heavy (non-hydrogen) atoms. The molecule has 0 radical (unpaired) electrons. The van der Waals surface area contributed by atoms with E-state index in [1.807, 2.05) is 0 Å². The predicted molar refractivity (Wildman–Crippen MR) is 76.9 cm³/mol. The number of rotatable bonds is 6. The Kier molecular flexibility index (Phi) is 6.51. The van der Waals surface area contributed by atoms with Gasteiger partial charge in [0.05, 0.1) is 6.54 Å². The Morgan fingerprint density at radius 3 is 2.45 bits per heavy atom. The number of hydrogen-bond donors (Lipinski definition) is 2. The molecule has 2 N–H and O–H groups in total. The number of halogens is 2. The minimum absolute atomic E-state index is 0.120. The van der Waals surface area contributed by atoms with Crippen LogP contribution in [0.3, 0.4) is 0 Å². The molecule has 1 aromatic carbocycles. The largest absolute Gasteiger partial charge is 0.479 e. The van der Waals surface area contributed by atoms with E-state index in [0.717, 1.165) is 0 Å². The maximum atomic E-state index is 11.5. The van der Waals surface area contributed by atoms with Gasteiger partial charge in [0.2, 0.25) is 5.91 Å². The van der Waals surface area contributed by atoms with Crippen LogP contribution in [0.4, 0.5) is 0 Å². The first-order chi connectivity index (χ1) is 9.42. The monoisotopic (exact) mass is 317 g/mol. The Bertz CT molecular complexity index is 511. The van der Waals surface area contributed by atoms with Crippen molar-refractivity contribution in [2.75, 3.05) is 13.7 Å². The summed E-state index contributed by atoms with van der Waals surface area (Å²) in [4.78, 5) is 22.2. The van der Waals surface area contributed by atoms with Gasteiger partial charge in [-0.15, -0.1) is 0 Å². The number of methoxy groups -OCH3 is 1. The number of benzene rings is 1. The van der Waals surface area contributed by atoms with Crippen LogP contribution in [0.15, 0.2) is 24.3 Å². The van der Waals surface area contributed by atoms with Crippen LogP contribution >= 0.6 is 23.2 Å². The average Bonchev–Trinajstić information content (AvgIpc) is 2.35. The van der Waals surface area contributed by atoms with Crippen molar-refractivity contribution in [1.29, 1.82) is 0 Å². The van der Waals surface area contributed by atoms with Crippen molar-refractivity contribution in [3.8, 4) is 0 Å². The van der Waals surface area contributed by atoms with E-state index in [2.05, 4.69) is 10.1 Å². The standard InChI is InChI=1S/C13H13Cl2NO4/c1-20-11(13(18)19)7-16-12(17)3-2-8-4-9(14)6-10(15)5-8/h2-6,11H,7H2,1H3,(H,16,17)(H,18,19)/b3-2+. The fraction of sp³-hybridized carbons (Fsp3) is 0.231. The third-order valence-electron chi connectivity index (χ3n) is 2.33. The summed E-state index contributed by atoms with van der Waals surface area (Å²) < 4.78 is 4.68. The second kappa shape index (κ2) is 7.89. The first-order valence-electron chi connectivity index (χ1n) is 5.60. The molecule has 0 heterocycles. The zero-order chi connectivity index (χ0) is 15.1. The molecule has 0 bridgehead atoms. The average molecular weight is 318 g/mol. The van der Waals surface area contributed by atoms with Crippen LogP contribution in [0.2, 0.25) is 10.0 Å². The van der Waals surface area contributed by atoms with Crippen LogP contribution in [0, 0.1) is 0 Å². The van der Waals surface area contributed by atoms with Crippen molar-refractivity contribution in [3.05, 3.63) is 39.9 Å². The van der Waals surface area contributed by atoms with Gasteiger partial charge in [-0.25, -0.2) is 4.79 Å². The van der Waals surface area contributed by atoms with Crippen LogP contribution in [-0.2, 0) is 14.3 Å². The molecule has 108 valence electrons. The van der Waals surface area contributed by atoms with Crippen molar-refractivity contribution in [1.82, 2.24) is 5.32 Å². The molecule has 0 spiro atoms. The normalized spacial score (nSPS) is 12.3. The molecular formula is C13H13Cl2NO4. The van der Waals surface area contributed by atoms with Crippen LogP contribution in [0.5, 0.6) is 0 Å². The number of ether oxygens (including phenoxy) is 1. The maximum Gasteiger partial charge on any atom is 0.334 e. The maximum absolute atomic E-state index is 11.5. The van der Waals surface area contributed by atoms with Crippen LogP contribution in [0.25, 0.3) is 6.08 Å². The molecule has 7 heteroatoms. The SMILES string of the molecule is COC(CNC(=O)/C=C/c1cc(Cl)cc(Cl)c1)C(=O)O. The minimum atomic E-state index is -1.14. The summed E-state index contributed by atoms with van der Waals surface area (Å²) in [6.45, 7) is -0.120. The van der Waals surface area contributed by atoms with E-state index in [4.69, 9.17) is 28.3 Å². The van der Waals surface area contributed by atoms with Crippen LogP contribution in [0.1, 0.15) is 5.56 Å². The lowest BCUT2D eigenvalue weighted by atomic mass is 10.2. The first kappa shape index (κ1) is 16.5. The van der Waals surface area contributed by atoms with E-state index >= 15 is 0 Å². The van der Waals surface area contributed by atoms with Crippen molar-refractivity contribution in [3.63, 3.8) is 0 Å². The topological polar surface area (TPSA) is 75.6 Å². The summed E-state index contributed by atoms with van der Waals surface area (Å²) >= 11 is 11.6. The highest BCUT2D eigenvalue weighted by Gasteiger charge is 2.16. The van der Waals surface area contributed by atoms with E-state index in [-0.39, 0.29) is 6.54 Å². The summed E-state index contributed by atoms with van der Waals surface area (Å²) in [6.07, 6.45) is 1.71. The third-order valence-corrected chi connectivity index (χ3v) is 2.77. The van der Waals surface area contributed by atoms with Gasteiger partial charge in [0.25, 0.3) is 0 Å². The molecule has 1 atom stereocenters. The molecule has 0 saturated heterocycles. The van der Waals surface area contributed by atoms with E-state index in [9.17, 15) is 9.59 Å². The molecule has 1 unspecified atom stereocenters. The quantitative estimate of drug-likeness (QED) is 0.789. The van der Waals surface area contributed by atoms with Gasteiger partial charge < -0.3 is 15.2 Å². The van der Waals surface area contributed by atoms with Crippen molar-refractivity contribution < 1.29 is 19.4 Å². The summed E-state index contributed by atoms with van der Waals surface area (Å²) in [5, 5.41) is 12.1. The second-order valence-electron chi connectivity index (χ2n) is 3.84. The van der Waals surface area contributed by atoms with Gasteiger partial charge in [0.15, 0.2) is 6.10 Å². The Morgan fingerprint density at radius 1 is 1.35 bits per heavy atom. The number of aliphatic carboxylic acids is 1. The lowest BCUT2D eigenvalue weighted by Gasteiger charge is -2.10. The second-order valence-corrected chi connectivity index (χ2v) is 4.72. The fourth-order valence-corrected chi connectivity index (χ4v) is 1.91. The van der Waals surface area contributed by atoms with E-state index < -0.39 is 18.0 Å². The van der Waals surface area contributed by atoms with Gasteiger partial charge in [0.1, 0.15) is 0 Å². The number of carboxylic acid groups (broad SMARTS) is 1. The molecule has 1 rings (SSSR count). The van der Waals surface area contributed by atoms with Crippen LogP contribution < -0.4 is 5.32 Å². The molecular weight excluding hydrogens is 305 g/mol. The Hall–Kier alpha value is -1.56. The first-order valence-corrected chi connectivity index (χ1v) is 6.35. The molecule has 0 fully saturated rings. The molecule has 5 nitrogen and oxygen atoms in total. The Balaban J connectivity index is 2.57. The molecule has 0 aliphatic carbocycles. The lowest BCUT2D eigenvalue weighted by Crippen LogP contribution is -2.37. The zero-order valence-electron chi connectivity index (χ0n) is 10.6. The van der Waals surface area contributed by atoms with E-state index in [1.54, 1.807) is 18.2 Å². The predicted octanol–water partition coefficient (Wildman–Crippen LogP) is 2.22. The molecule has 0 aromatic heterocycles. The van der Waals surface area contributed by atoms with Crippen molar-refractivity contribution >= 4 is 41.2 Å².